The van der Waals surface area contributed by atoms with E-state index in [-0.39, 0.29) is 6.03 Å². The minimum atomic E-state index is -0.991. The van der Waals surface area contributed by atoms with Crippen LogP contribution >= 0.6 is 11.8 Å². The maximum Gasteiger partial charge on any atom is 0.326 e. The van der Waals surface area contributed by atoms with Gasteiger partial charge in [0.05, 0.1) is 0 Å². The summed E-state index contributed by atoms with van der Waals surface area (Å²) in [6.07, 6.45) is 2.34. The summed E-state index contributed by atoms with van der Waals surface area (Å²) in [5.74, 6) is -0.285. The van der Waals surface area contributed by atoms with Crippen LogP contribution in [0.4, 0.5) is 4.79 Å². The van der Waals surface area contributed by atoms with Crippen molar-refractivity contribution >= 4 is 23.8 Å². The van der Waals surface area contributed by atoms with Crippen molar-refractivity contribution in [2.75, 3.05) is 39.2 Å². The SMILES string of the molecule is CNCCN(C)C(=O)NC(CCSC)C(=O)O. The molecule has 0 saturated heterocycles. The van der Waals surface area contributed by atoms with Gasteiger partial charge in [-0.25, -0.2) is 9.59 Å². The predicted molar refractivity (Wildman–Crippen MR) is 69.5 cm³/mol. The van der Waals surface area contributed by atoms with Crippen LogP contribution in [0.25, 0.3) is 0 Å². The van der Waals surface area contributed by atoms with Crippen molar-refractivity contribution in [3.8, 4) is 0 Å². The minimum Gasteiger partial charge on any atom is -0.480 e. The van der Waals surface area contributed by atoms with Gasteiger partial charge >= 0.3 is 12.0 Å². The lowest BCUT2D eigenvalue weighted by Gasteiger charge is -2.21. The van der Waals surface area contributed by atoms with Crippen LogP contribution in [0.15, 0.2) is 0 Å². The summed E-state index contributed by atoms with van der Waals surface area (Å²) in [6.45, 7) is 1.21. The molecule has 6 nitrogen and oxygen atoms in total. The number of carbonyl (C=O) groups is 2. The van der Waals surface area contributed by atoms with Gasteiger partial charge in [0.25, 0.3) is 0 Å². The molecule has 1 unspecified atom stereocenters. The van der Waals surface area contributed by atoms with Crippen LogP contribution in [-0.2, 0) is 4.79 Å². The summed E-state index contributed by atoms with van der Waals surface area (Å²) in [5, 5.41) is 14.4. The molecule has 0 saturated carbocycles. The third kappa shape index (κ3) is 7.06. The summed E-state index contributed by atoms with van der Waals surface area (Å²) in [7, 11) is 3.43. The summed E-state index contributed by atoms with van der Waals surface area (Å²) in [4.78, 5) is 24.0. The molecule has 17 heavy (non-hydrogen) atoms. The Morgan fingerprint density at radius 1 is 1.47 bits per heavy atom. The first-order chi connectivity index (χ1) is 8.02. The van der Waals surface area contributed by atoms with E-state index in [0.717, 1.165) is 0 Å². The zero-order chi connectivity index (χ0) is 13.3. The molecular weight excluding hydrogens is 242 g/mol. The van der Waals surface area contributed by atoms with Crippen molar-refractivity contribution in [1.82, 2.24) is 15.5 Å². The predicted octanol–water partition coefficient (Wildman–Crippen LogP) is 0.0535. The largest absolute Gasteiger partial charge is 0.480 e. The molecule has 0 heterocycles. The number of aliphatic carboxylic acids is 1. The van der Waals surface area contributed by atoms with E-state index < -0.39 is 12.0 Å². The molecule has 0 aromatic rings. The van der Waals surface area contributed by atoms with Crippen molar-refractivity contribution in [2.45, 2.75) is 12.5 Å². The molecule has 0 aromatic heterocycles. The Bertz CT molecular complexity index is 251. The molecule has 0 aromatic carbocycles. The zero-order valence-corrected chi connectivity index (χ0v) is 11.3. The maximum absolute atomic E-state index is 11.6. The number of carbonyl (C=O) groups excluding carboxylic acids is 1. The van der Waals surface area contributed by atoms with E-state index in [4.69, 9.17) is 5.11 Å². The molecule has 100 valence electrons. The minimum absolute atomic E-state index is 0.353. The number of carboxylic acids is 1. The molecule has 0 spiro atoms. The number of carboxylic acid groups (broad SMARTS) is 1. The number of hydrogen-bond acceptors (Lipinski definition) is 4. The second kappa shape index (κ2) is 9.12. The summed E-state index contributed by atoms with van der Waals surface area (Å²) in [6, 6.07) is -1.17. The smallest absolute Gasteiger partial charge is 0.326 e. The highest BCUT2D eigenvalue weighted by molar-refractivity contribution is 7.98. The van der Waals surface area contributed by atoms with Crippen LogP contribution < -0.4 is 10.6 Å². The second-order valence-corrected chi connectivity index (χ2v) is 4.63. The van der Waals surface area contributed by atoms with E-state index in [1.807, 2.05) is 6.26 Å². The van der Waals surface area contributed by atoms with Gasteiger partial charge in [-0.05, 0) is 25.5 Å². The molecule has 0 radical (unpaired) electrons. The fourth-order valence-corrected chi connectivity index (χ4v) is 1.60. The van der Waals surface area contributed by atoms with Gasteiger partial charge in [-0.1, -0.05) is 0 Å². The Balaban J connectivity index is 4.15. The van der Waals surface area contributed by atoms with Crippen LogP contribution in [0, 0.1) is 0 Å². The van der Waals surface area contributed by atoms with E-state index in [2.05, 4.69) is 10.6 Å². The van der Waals surface area contributed by atoms with Gasteiger partial charge in [0.2, 0.25) is 0 Å². The number of rotatable bonds is 8. The lowest BCUT2D eigenvalue weighted by Crippen LogP contribution is -2.48. The number of likely N-dealkylation sites (N-methyl/N-ethyl adjacent to an activating group) is 2. The fraction of sp³-hybridized carbons (Fsp3) is 0.800. The van der Waals surface area contributed by atoms with E-state index in [9.17, 15) is 9.59 Å². The van der Waals surface area contributed by atoms with E-state index in [1.54, 1.807) is 25.9 Å². The topological polar surface area (TPSA) is 81.7 Å². The van der Waals surface area contributed by atoms with Crippen LogP contribution in [-0.4, -0.2) is 67.2 Å². The van der Waals surface area contributed by atoms with Crippen molar-refractivity contribution in [1.29, 1.82) is 0 Å². The van der Waals surface area contributed by atoms with Gasteiger partial charge in [-0.3, -0.25) is 0 Å². The molecule has 2 amide bonds. The van der Waals surface area contributed by atoms with Crippen molar-refractivity contribution < 1.29 is 14.7 Å². The summed E-state index contributed by atoms with van der Waals surface area (Å²) >= 11 is 1.56. The molecule has 0 fully saturated rings. The lowest BCUT2D eigenvalue weighted by atomic mass is 10.2. The molecule has 7 heteroatoms. The number of nitrogens with one attached hydrogen (secondary N) is 2. The number of urea groups is 1. The highest BCUT2D eigenvalue weighted by Gasteiger charge is 2.20. The number of amides is 2. The van der Waals surface area contributed by atoms with Crippen LogP contribution in [0.1, 0.15) is 6.42 Å². The molecule has 0 aliphatic rings. The van der Waals surface area contributed by atoms with Gasteiger partial charge < -0.3 is 20.6 Å². The highest BCUT2D eigenvalue weighted by atomic mass is 32.2. The first-order valence-electron chi connectivity index (χ1n) is 5.40. The van der Waals surface area contributed by atoms with Gasteiger partial charge in [-0.15, -0.1) is 0 Å². The van der Waals surface area contributed by atoms with Gasteiger partial charge in [-0.2, -0.15) is 11.8 Å². The van der Waals surface area contributed by atoms with Gasteiger partial charge in [0, 0.05) is 20.1 Å². The molecular formula is C10H21N3O3S. The second-order valence-electron chi connectivity index (χ2n) is 3.65. The Kier molecular flexibility index (Phi) is 8.61. The third-order valence-corrected chi connectivity index (χ3v) is 2.89. The summed E-state index contributed by atoms with van der Waals surface area (Å²) < 4.78 is 0. The van der Waals surface area contributed by atoms with Crippen LogP contribution in [0.5, 0.6) is 0 Å². The Labute approximate surface area is 106 Å². The average Bonchev–Trinajstić information content (AvgIpc) is 2.30. The van der Waals surface area contributed by atoms with E-state index >= 15 is 0 Å². The standard InChI is InChI=1S/C10H21N3O3S/c1-11-5-6-13(2)10(16)12-8(9(14)15)4-7-17-3/h8,11H,4-7H2,1-3H3,(H,12,16)(H,14,15). The Morgan fingerprint density at radius 3 is 2.59 bits per heavy atom. The number of nitrogens with zero attached hydrogens (tertiary/aromatic N) is 1. The Hall–Kier alpha value is -0.950. The van der Waals surface area contributed by atoms with Crippen LogP contribution in [0.3, 0.4) is 0 Å². The van der Waals surface area contributed by atoms with E-state index in [1.165, 1.54) is 4.90 Å². The quantitative estimate of drug-likeness (QED) is 0.576. The monoisotopic (exact) mass is 263 g/mol. The lowest BCUT2D eigenvalue weighted by molar-refractivity contribution is -0.139. The van der Waals surface area contributed by atoms with Crippen molar-refractivity contribution in [3.05, 3.63) is 0 Å². The third-order valence-electron chi connectivity index (χ3n) is 2.25. The molecule has 0 aliphatic carbocycles. The molecule has 1 atom stereocenters. The van der Waals surface area contributed by atoms with Crippen molar-refractivity contribution in [2.24, 2.45) is 0 Å². The molecule has 3 N–H and O–H groups in total. The fourth-order valence-electron chi connectivity index (χ4n) is 1.13. The molecule has 0 aliphatic heterocycles. The summed E-state index contributed by atoms with van der Waals surface area (Å²) in [5.41, 5.74) is 0. The van der Waals surface area contributed by atoms with E-state index in [0.29, 0.717) is 25.3 Å². The maximum atomic E-state index is 11.6. The molecule has 0 rings (SSSR count). The first-order valence-corrected chi connectivity index (χ1v) is 6.80. The Morgan fingerprint density at radius 2 is 2.12 bits per heavy atom. The van der Waals surface area contributed by atoms with Gasteiger partial charge in [0.15, 0.2) is 0 Å². The van der Waals surface area contributed by atoms with Gasteiger partial charge in [0.1, 0.15) is 6.04 Å². The molecule has 0 bridgehead atoms. The average molecular weight is 263 g/mol. The van der Waals surface area contributed by atoms with Crippen molar-refractivity contribution in [3.63, 3.8) is 0 Å². The number of thioether (sulfide) groups is 1. The number of hydrogen-bond donors (Lipinski definition) is 3. The highest BCUT2D eigenvalue weighted by Crippen LogP contribution is 2.01. The normalized spacial score (nSPS) is 11.9. The first kappa shape index (κ1) is 16.1. The zero-order valence-electron chi connectivity index (χ0n) is 10.5. The van der Waals surface area contributed by atoms with Crippen LogP contribution in [0.2, 0.25) is 0 Å².